The molecular weight excluding hydrogens is 421 g/mol. The summed E-state index contributed by atoms with van der Waals surface area (Å²) in [6, 6.07) is 15.2. The van der Waals surface area contributed by atoms with E-state index in [-0.39, 0.29) is 11.7 Å². The van der Waals surface area contributed by atoms with Crippen LogP contribution in [0.1, 0.15) is 19.4 Å². The van der Waals surface area contributed by atoms with Gasteiger partial charge in [0.25, 0.3) is 0 Å². The molecule has 1 heterocycles. The number of para-hydroxylation sites is 2. The van der Waals surface area contributed by atoms with Crippen LogP contribution in [0.2, 0.25) is 0 Å². The van der Waals surface area contributed by atoms with Gasteiger partial charge in [-0.2, -0.15) is 0 Å². The Morgan fingerprint density at radius 3 is 2.64 bits per heavy atom. The second kappa shape index (κ2) is 12.4. The Kier molecular flexibility index (Phi) is 8.97. The predicted octanol–water partition coefficient (Wildman–Crippen LogP) is 5.39. The molecule has 7 heteroatoms. The minimum Gasteiger partial charge on any atom is -0.490 e. The fraction of sp³-hybridized carbons (Fsp3) is 0.231. The van der Waals surface area contributed by atoms with Crippen LogP contribution in [0.25, 0.3) is 6.08 Å². The highest BCUT2D eigenvalue weighted by molar-refractivity contribution is 6.02. The number of carbonyl (C=O) groups is 1. The monoisotopic (exact) mass is 449 g/mol. The van der Waals surface area contributed by atoms with E-state index in [0.29, 0.717) is 29.4 Å². The maximum absolute atomic E-state index is 14.4. The fourth-order valence-electron chi connectivity index (χ4n) is 3.10. The zero-order valence-corrected chi connectivity index (χ0v) is 18.8. The fourth-order valence-corrected chi connectivity index (χ4v) is 3.10. The third-order valence-electron chi connectivity index (χ3n) is 4.95. The molecule has 3 rings (SSSR count). The van der Waals surface area contributed by atoms with E-state index < -0.39 is 5.82 Å². The van der Waals surface area contributed by atoms with Crippen LogP contribution in [-0.4, -0.2) is 42.0 Å². The SMILES string of the molecule is CCN(CC)CCOc1ccccc1NC(=O)/C=C/c1ccc(Oc2cccnc2)c(F)c1. The number of nitrogens with zero attached hydrogens (tertiary/aromatic N) is 2. The number of ether oxygens (including phenoxy) is 2. The number of aromatic nitrogens is 1. The topological polar surface area (TPSA) is 63.7 Å². The standard InChI is InChI=1S/C26H28FN3O3/c1-3-30(4-2)16-17-32-25-10-6-5-9-23(25)29-26(31)14-12-20-11-13-24(22(27)18-20)33-21-8-7-15-28-19-21/h5-15,18-19H,3-4,16-17H2,1-2H3,(H,29,31)/b14-12+. The van der Waals surface area contributed by atoms with Crippen molar-refractivity contribution in [3.63, 3.8) is 0 Å². The first-order valence-corrected chi connectivity index (χ1v) is 10.9. The summed E-state index contributed by atoms with van der Waals surface area (Å²) < 4.78 is 25.7. The molecule has 33 heavy (non-hydrogen) atoms. The zero-order chi connectivity index (χ0) is 23.5. The van der Waals surface area contributed by atoms with Gasteiger partial charge in [-0.3, -0.25) is 9.78 Å². The number of hydrogen-bond acceptors (Lipinski definition) is 5. The Balaban J connectivity index is 1.58. The van der Waals surface area contributed by atoms with E-state index in [1.54, 1.807) is 30.5 Å². The molecule has 0 fully saturated rings. The molecule has 2 aromatic carbocycles. The summed E-state index contributed by atoms with van der Waals surface area (Å²) in [5.74, 6) is 0.256. The summed E-state index contributed by atoms with van der Waals surface area (Å²) in [6.07, 6.45) is 6.00. The number of halogens is 1. The number of pyridine rings is 1. The van der Waals surface area contributed by atoms with E-state index in [1.807, 2.05) is 18.2 Å². The van der Waals surface area contributed by atoms with Gasteiger partial charge in [-0.1, -0.05) is 32.0 Å². The summed E-state index contributed by atoms with van der Waals surface area (Å²) in [5, 5.41) is 2.82. The maximum atomic E-state index is 14.4. The van der Waals surface area contributed by atoms with E-state index >= 15 is 0 Å². The Hall–Kier alpha value is -3.71. The van der Waals surface area contributed by atoms with Crippen molar-refractivity contribution in [2.45, 2.75) is 13.8 Å². The zero-order valence-electron chi connectivity index (χ0n) is 18.8. The van der Waals surface area contributed by atoms with Crippen LogP contribution in [0.3, 0.4) is 0 Å². The lowest BCUT2D eigenvalue weighted by Crippen LogP contribution is -2.28. The second-order valence-corrected chi connectivity index (χ2v) is 7.17. The molecule has 0 bridgehead atoms. The third kappa shape index (κ3) is 7.43. The number of nitrogens with one attached hydrogen (secondary N) is 1. The smallest absolute Gasteiger partial charge is 0.248 e. The molecule has 0 saturated heterocycles. The van der Waals surface area contributed by atoms with Gasteiger partial charge in [0, 0.05) is 18.8 Å². The quantitative estimate of drug-likeness (QED) is 0.398. The number of carbonyl (C=O) groups excluding carboxylic acids is 1. The van der Waals surface area contributed by atoms with Crippen LogP contribution in [0, 0.1) is 5.82 Å². The Bertz CT molecular complexity index is 1070. The van der Waals surface area contributed by atoms with Gasteiger partial charge in [-0.15, -0.1) is 0 Å². The molecule has 3 aromatic rings. The van der Waals surface area contributed by atoms with E-state index in [4.69, 9.17) is 9.47 Å². The van der Waals surface area contributed by atoms with Crippen molar-refractivity contribution in [3.05, 3.63) is 84.4 Å². The van der Waals surface area contributed by atoms with E-state index in [2.05, 4.69) is 29.0 Å². The Morgan fingerprint density at radius 1 is 1.09 bits per heavy atom. The summed E-state index contributed by atoms with van der Waals surface area (Å²) in [6.45, 7) is 7.47. The first kappa shape index (κ1) is 23.9. The average molecular weight is 450 g/mol. The molecule has 1 aromatic heterocycles. The van der Waals surface area contributed by atoms with Gasteiger partial charge in [0.1, 0.15) is 18.1 Å². The molecule has 0 saturated carbocycles. The average Bonchev–Trinajstić information content (AvgIpc) is 2.84. The van der Waals surface area contributed by atoms with Crippen molar-refractivity contribution >= 4 is 17.7 Å². The number of anilines is 1. The first-order chi connectivity index (χ1) is 16.1. The van der Waals surface area contributed by atoms with Gasteiger partial charge >= 0.3 is 0 Å². The Labute approximate surface area is 193 Å². The summed E-state index contributed by atoms with van der Waals surface area (Å²) >= 11 is 0. The van der Waals surface area contributed by atoms with Gasteiger partial charge in [-0.05, 0) is 61.1 Å². The van der Waals surface area contributed by atoms with E-state index in [1.165, 1.54) is 30.5 Å². The number of likely N-dealkylation sites (N-methyl/N-ethyl adjacent to an activating group) is 1. The van der Waals surface area contributed by atoms with Gasteiger partial charge in [0.15, 0.2) is 11.6 Å². The molecule has 6 nitrogen and oxygen atoms in total. The molecule has 0 aliphatic rings. The lowest BCUT2D eigenvalue weighted by atomic mass is 10.2. The lowest BCUT2D eigenvalue weighted by Gasteiger charge is -2.19. The van der Waals surface area contributed by atoms with Crippen molar-refractivity contribution in [1.29, 1.82) is 0 Å². The second-order valence-electron chi connectivity index (χ2n) is 7.17. The normalized spacial score (nSPS) is 11.0. The maximum Gasteiger partial charge on any atom is 0.248 e. The number of amides is 1. The van der Waals surface area contributed by atoms with Crippen LogP contribution in [-0.2, 0) is 4.79 Å². The van der Waals surface area contributed by atoms with Crippen LogP contribution in [0.4, 0.5) is 10.1 Å². The largest absolute Gasteiger partial charge is 0.490 e. The molecule has 0 aliphatic carbocycles. The molecule has 1 N–H and O–H groups in total. The highest BCUT2D eigenvalue weighted by atomic mass is 19.1. The summed E-state index contributed by atoms with van der Waals surface area (Å²) in [5.41, 5.74) is 1.11. The minimum atomic E-state index is -0.534. The molecule has 172 valence electrons. The van der Waals surface area contributed by atoms with Crippen LogP contribution in [0.15, 0.2) is 73.1 Å². The third-order valence-corrected chi connectivity index (χ3v) is 4.95. The summed E-state index contributed by atoms with van der Waals surface area (Å²) in [4.78, 5) is 18.6. The van der Waals surface area contributed by atoms with Crippen LogP contribution in [0.5, 0.6) is 17.2 Å². The van der Waals surface area contributed by atoms with Crippen LogP contribution < -0.4 is 14.8 Å². The van der Waals surface area contributed by atoms with Crippen LogP contribution >= 0.6 is 0 Å². The first-order valence-electron chi connectivity index (χ1n) is 10.9. The van der Waals surface area contributed by atoms with Gasteiger partial charge in [0.05, 0.1) is 11.9 Å². The lowest BCUT2D eigenvalue weighted by molar-refractivity contribution is -0.111. The molecule has 0 spiro atoms. The Morgan fingerprint density at radius 2 is 1.91 bits per heavy atom. The minimum absolute atomic E-state index is 0.0837. The van der Waals surface area contributed by atoms with E-state index in [9.17, 15) is 9.18 Å². The highest BCUT2D eigenvalue weighted by Gasteiger charge is 2.08. The molecular formula is C26H28FN3O3. The van der Waals surface area contributed by atoms with Gasteiger partial charge < -0.3 is 19.7 Å². The van der Waals surface area contributed by atoms with Crippen molar-refractivity contribution in [2.75, 3.05) is 31.6 Å². The summed E-state index contributed by atoms with van der Waals surface area (Å²) in [7, 11) is 0. The predicted molar refractivity (Wildman–Crippen MR) is 128 cm³/mol. The number of benzene rings is 2. The molecule has 1 amide bonds. The van der Waals surface area contributed by atoms with Gasteiger partial charge in [-0.25, -0.2) is 4.39 Å². The number of hydrogen-bond donors (Lipinski definition) is 1. The van der Waals surface area contributed by atoms with Gasteiger partial charge in [0.2, 0.25) is 5.91 Å². The number of rotatable bonds is 11. The molecule has 0 unspecified atom stereocenters. The van der Waals surface area contributed by atoms with Crippen molar-refractivity contribution in [2.24, 2.45) is 0 Å². The highest BCUT2D eigenvalue weighted by Crippen LogP contribution is 2.26. The van der Waals surface area contributed by atoms with Crippen molar-refractivity contribution in [3.8, 4) is 17.2 Å². The molecule has 0 atom stereocenters. The molecule has 0 aliphatic heterocycles. The van der Waals surface area contributed by atoms with Crippen molar-refractivity contribution in [1.82, 2.24) is 9.88 Å². The van der Waals surface area contributed by atoms with Crippen molar-refractivity contribution < 1.29 is 18.7 Å². The molecule has 0 radical (unpaired) electrons. The van der Waals surface area contributed by atoms with E-state index in [0.717, 1.165) is 19.6 Å².